The number of amides is 4. The Morgan fingerprint density at radius 1 is 0.955 bits per heavy atom. The normalized spacial score (nSPS) is 11.3. The minimum atomic E-state index is -0.674. The number of thiazole rings is 1. The van der Waals surface area contributed by atoms with Crippen molar-refractivity contribution in [3.05, 3.63) is 77.9 Å². The summed E-state index contributed by atoms with van der Waals surface area (Å²) in [5, 5.41) is 8.63. The number of nitrogens with zero attached hydrogens (tertiary/aromatic N) is 4. The van der Waals surface area contributed by atoms with Crippen LogP contribution in [0.5, 0.6) is 0 Å². The molecular formula is C31H36FN7O4S. The summed E-state index contributed by atoms with van der Waals surface area (Å²) in [4.78, 5) is 50.9. The number of benzene rings is 2. The summed E-state index contributed by atoms with van der Waals surface area (Å²) in [6.45, 7) is 6.78. The SMILES string of the molecule is CN(C)CCCN(Cc1ccc(C(=O)Nc2ccccc2NC(=O)OC(C)(C)C)nc1)C(=O)Nc1nc2ccc(F)cc2s1. The summed E-state index contributed by atoms with van der Waals surface area (Å²) in [6, 6.07) is 14.0. The average molecular weight is 622 g/mol. The van der Waals surface area contributed by atoms with Crippen LogP contribution in [0.2, 0.25) is 0 Å². The molecule has 4 aromatic rings. The number of fused-ring (bicyclic) bond motifs is 1. The fourth-order valence-corrected chi connectivity index (χ4v) is 5.01. The number of hydrogen-bond acceptors (Lipinski definition) is 8. The van der Waals surface area contributed by atoms with Gasteiger partial charge in [0.1, 0.15) is 17.1 Å². The van der Waals surface area contributed by atoms with E-state index in [-0.39, 0.29) is 24.1 Å². The first kappa shape index (κ1) is 32.3. The molecule has 4 rings (SSSR count). The quantitative estimate of drug-likeness (QED) is 0.187. The van der Waals surface area contributed by atoms with Crippen molar-refractivity contribution in [1.29, 1.82) is 0 Å². The van der Waals surface area contributed by atoms with Crippen LogP contribution in [-0.4, -0.2) is 70.6 Å². The van der Waals surface area contributed by atoms with E-state index in [4.69, 9.17) is 4.74 Å². The van der Waals surface area contributed by atoms with E-state index in [0.717, 1.165) is 18.5 Å². The first-order valence-corrected chi connectivity index (χ1v) is 14.8. The maximum absolute atomic E-state index is 13.6. The molecule has 0 aliphatic carbocycles. The topological polar surface area (TPSA) is 129 Å². The van der Waals surface area contributed by atoms with E-state index < -0.39 is 17.6 Å². The van der Waals surface area contributed by atoms with E-state index >= 15 is 0 Å². The predicted molar refractivity (Wildman–Crippen MR) is 171 cm³/mol. The lowest BCUT2D eigenvalue weighted by molar-refractivity contribution is 0.0635. The van der Waals surface area contributed by atoms with Crippen LogP contribution in [0.15, 0.2) is 60.8 Å². The van der Waals surface area contributed by atoms with E-state index in [1.54, 1.807) is 74.3 Å². The number of ether oxygens (including phenoxy) is 1. The van der Waals surface area contributed by atoms with Gasteiger partial charge in [0.05, 0.1) is 21.6 Å². The molecule has 0 spiro atoms. The van der Waals surface area contributed by atoms with Crippen LogP contribution in [0, 0.1) is 5.82 Å². The largest absolute Gasteiger partial charge is 0.444 e. The molecule has 11 nitrogen and oxygen atoms in total. The first-order valence-electron chi connectivity index (χ1n) is 14.0. The minimum absolute atomic E-state index is 0.158. The van der Waals surface area contributed by atoms with E-state index in [1.807, 2.05) is 19.0 Å². The summed E-state index contributed by atoms with van der Waals surface area (Å²) in [5.74, 6) is -0.835. The fourth-order valence-electron chi connectivity index (χ4n) is 4.13. The van der Waals surface area contributed by atoms with Crippen LogP contribution in [0.25, 0.3) is 10.2 Å². The Labute approximate surface area is 259 Å². The summed E-state index contributed by atoms with van der Waals surface area (Å²) < 4.78 is 19.6. The molecule has 0 atom stereocenters. The van der Waals surface area contributed by atoms with Crippen molar-refractivity contribution in [2.45, 2.75) is 39.3 Å². The van der Waals surface area contributed by atoms with Gasteiger partial charge in [0.25, 0.3) is 5.91 Å². The number of urea groups is 1. The maximum atomic E-state index is 13.6. The van der Waals surface area contributed by atoms with Crippen molar-refractivity contribution in [2.24, 2.45) is 0 Å². The number of carbonyl (C=O) groups is 3. The second kappa shape index (κ2) is 14.2. The number of nitrogens with one attached hydrogen (secondary N) is 3. The predicted octanol–water partition coefficient (Wildman–Crippen LogP) is 6.42. The van der Waals surface area contributed by atoms with Crippen molar-refractivity contribution in [3.8, 4) is 0 Å². The van der Waals surface area contributed by atoms with Crippen LogP contribution in [0.4, 0.5) is 30.5 Å². The highest BCUT2D eigenvalue weighted by Gasteiger charge is 2.19. The Morgan fingerprint density at radius 2 is 1.68 bits per heavy atom. The lowest BCUT2D eigenvalue weighted by Gasteiger charge is -2.23. The van der Waals surface area contributed by atoms with Crippen LogP contribution < -0.4 is 16.0 Å². The third-order valence-corrected chi connectivity index (χ3v) is 7.06. The number of halogens is 1. The fraction of sp³-hybridized carbons (Fsp3) is 0.323. The highest BCUT2D eigenvalue weighted by molar-refractivity contribution is 7.22. The Balaban J connectivity index is 1.42. The smallest absolute Gasteiger partial charge is 0.412 e. The highest BCUT2D eigenvalue weighted by Crippen LogP contribution is 2.27. The van der Waals surface area contributed by atoms with Gasteiger partial charge in [0, 0.05) is 19.3 Å². The van der Waals surface area contributed by atoms with Gasteiger partial charge in [-0.25, -0.2) is 19.0 Å². The van der Waals surface area contributed by atoms with E-state index in [9.17, 15) is 18.8 Å². The van der Waals surface area contributed by atoms with Crippen molar-refractivity contribution in [3.63, 3.8) is 0 Å². The molecule has 0 unspecified atom stereocenters. The number of para-hydroxylation sites is 2. The van der Waals surface area contributed by atoms with Crippen LogP contribution in [-0.2, 0) is 11.3 Å². The monoisotopic (exact) mass is 621 g/mol. The number of hydrogen-bond donors (Lipinski definition) is 3. The summed E-state index contributed by atoms with van der Waals surface area (Å²) in [5.41, 5.74) is 1.57. The zero-order chi connectivity index (χ0) is 31.9. The highest BCUT2D eigenvalue weighted by atomic mass is 32.1. The Bertz CT molecular complexity index is 1620. The third kappa shape index (κ3) is 9.44. The second-order valence-electron chi connectivity index (χ2n) is 11.3. The van der Waals surface area contributed by atoms with Gasteiger partial charge in [-0.15, -0.1) is 0 Å². The van der Waals surface area contributed by atoms with Crippen LogP contribution in [0.1, 0.15) is 43.2 Å². The molecule has 3 N–H and O–H groups in total. The molecule has 0 bridgehead atoms. The van der Waals surface area contributed by atoms with E-state index in [0.29, 0.717) is 33.3 Å². The first-order chi connectivity index (χ1) is 20.9. The third-order valence-electron chi connectivity index (χ3n) is 6.13. The van der Waals surface area contributed by atoms with E-state index in [2.05, 4.69) is 25.9 Å². The number of aromatic nitrogens is 2. The standard InChI is InChI=1S/C31H36FN7O4S/c1-31(2,3)43-30(42)36-23-10-7-6-9-22(23)34-27(40)25-13-11-20(18-33-25)19-39(16-8-15-38(4)5)29(41)37-28-35-24-14-12-21(32)17-26(24)44-28/h6-7,9-14,17-18H,8,15-16,19H2,1-5H3,(H,34,40)(H,36,42)(H,35,37,41). The van der Waals surface area contributed by atoms with Crippen molar-refractivity contribution >= 4 is 56.1 Å². The minimum Gasteiger partial charge on any atom is -0.444 e. The average Bonchev–Trinajstić information content (AvgIpc) is 3.34. The molecular weight excluding hydrogens is 585 g/mol. The summed E-state index contributed by atoms with van der Waals surface area (Å²) in [7, 11) is 3.93. The Kier molecular flexibility index (Phi) is 10.4. The number of pyridine rings is 1. The zero-order valence-electron chi connectivity index (χ0n) is 25.3. The van der Waals surface area contributed by atoms with Gasteiger partial charge in [-0.05, 0) is 89.8 Å². The molecule has 2 heterocycles. The molecule has 0 saturated carbocycles. The Morgan fingerprint density at radius 3 is 2.34 bits per heavy atom. The van der Waals surface area contributed by atoms with Gasteiger partial charge in [0.15, 0.2) is 5.13 Å². The van der Waals surface area contributed by atoms with Crippen molar-refractivity contribution < 1.29 is 23.5 Å². The summed E-state index contributed by atoms with van der Waals surface area (Å²) >= 11 is 1.20. The van der Waals surface area contributed by atoms with Gasteiger partial charge in [0.2, 0.25) is 0 Å². The second-order valence-corrected chi connectivity index (χ2v) is 12.3. The molecule has 2 aromatic carbocycles. The number of rotatable bonds is 10. The van der Waals surface area contributed by atoms with Crippen molar-refractivity contribution in [1.82, 2.24) is 19.8 Å². The molecule has 0 radical (unpaired) electrons. The lowest BCUT2D eigenvalue weighted by Crippen LogP contribution is -2.36. The molecule has 0 aliphatic rings. The molecule has 232 valence electrons. The van der Waals surface area contributed by atoms with Crippen LogP contribution >= 0.6 is 11.3 Å². The Hall–Kier alpha value is -4.62. The van der Waals surface area contributed by atoms with Crippen molar-refractivity contribution in [2.75, 3.05) is 43.1 Å². The molecule has 2 aromatic heterocycles. The molecule has 0 fully saturated rings. The number of carbonyl (C=O) groups excluding carboxylic acids is 3. The van der Waals surface area contributed by atoms with E-state index in [1.165, 1.54) is 23.5 Å². The number of anilines is 3. The molecule has 44 heavy (non-hydrogen) atoms. The van der Waals surface area contributed by atoms with Gasteiger partial charge in [-0.2, -0.15) is 0 Å². The van der Waals surface area contributed by atoms with Gasteiger partial charge in [-0.3, -0.25) is 20.4 Å². The summed E-state index contributed by atoms with van der Waals surface area (Å²) in [6.07, 6.45) is 1.64. The van der Waals surface area contributed by atoms with Gasteiger partial charge < -0.3 is 19.9 Å². The maximum Gasteiger partial charge on any atom is 0.412 e. The lowest BCUT2D eigenvalue weighted by atomic mass is 10.2. The molecule has 4 amide bonds. The van der Waals surface area contributed by atoms with Crippen LogP contribution in [0.3, 0.4) is 0 Å². The van der Waals surface area contributed by atoms with Gasteiger partial charge >= 0.3 is 12.1 Å². The zero-order valence-corrected chi connectivity index (χ0v) is 26.1. The molecule has 0 saturated heterocycles. The van der Waals surface area contributed by atoms with Gasteiger partial charge in [-0.1, -0.05) is 29.5 Å². The molecule has 13 heteroatoms. The molecule has 0 aliphatic heterocycles.